The zero-order valence-corrected chi connectivity index (χ0v) is 9.73. The molecule has 0 bridgehead atoms. The molecule has 0 atom stereocenters. The number of phenols is 3. The SMILES string of the molecule is Cc1cc(O)c(-c2cccc(O)c2)c(O)c1C. The summed E-state index contributed by atoms with van der Waals surface area (Å²) in [6.07, 6.45) is 0. The lowest BCUT2D eigenvalue weighted by atomic mass is 9.97. The minimum absolute atomic E-state index is 0.0104. The number of aromatic hydroxyl groups is 3. The van der Waals surface area contributed by atoms with Gasteiger partial charge in [-0.2, -0.15) is 0 Å². The number of hydrogen-bond acceptors (Lipinski definition) is 3. The van der Waals surface area contributed by atoms with Gasteiger partial charge < -0.3 is 15.3 Å². The molecule has 0 aromatic heterocycles. The highest BCUT2D eigenvalue weighted by molar-refractivity contribution is 5.79. The Kier molecular flexibility index (Phi) is 2.68. The van der Waals surface area contributed by atoms with Crippen molar-refractivity contribution in [3.8, 4) is 28.4 Å². The maximum absolute atomic E-state index is 10.1. The fourth-order valence-corrected chi connectivity index (χ4v) is 1.83. The van der Waals surface area contributed by atoms with E-state index in [0.717, 1.165) is 11.1 Å². The van der Waals surface area contributed by atoms with Crippen LogP contribution < -0.4 is 0 Å². The van der Waals surface area contributed by atoms with Gasteiger partial charge in [-0.15, -0.1) is 0 Å². The molecule has 0 saturated carbocycles. The lowest BCUT2D eigenvalue weighted by Crippen LogP contribution is -1.87. The molecule has 0 unspecified atom stereocenters. The molecule has 0 amide bonds. The summed E-state index contributed by atoms with van der Waals surface area (Å²) < 4.78 is 0. The van der Waals surface area contributed by atoms with Crippen LogP contribution in [0.3, 0.4) is 0 Å². The van der Waals surface area contributed by atoms with Crippen LogP contribution in [0.15, 0.2) is 30.3 Å². The molecule has 2 aromatic carbocycles. The second kappa shape index (κ2) is 4.01. The van der Waals surface area contributed by atoms with Crippen LogP contribution >= 0.6 is 0 Å². The topological polar surface area (TPSA) is 60.7 Å². The maximum Gasteiger partial charge on any atom is 0.130 e. The Bertz CT molecular complexity index is 574. The molecule has 0 radical (unpaired) electrons. The summed E-state index contributed by atoms with van der Waals surface area (Å²) in [5.74, 6) is 0.156. The van der Waals surface area contributed by atoms with Gasteiger partial charge in [-0.25, -0.2) is 0 Å². The van der Waals surface area contributed by atoms with Crippen molar-refractivity contribution < 1.29 is 15.3 Å². The van der Waals surface area contributed by atoms with Crippen molar-refractivity contribution in [2.45, 2.75) is 13.8 Å². The van der Waals surface area contributed by atoms with Crippen molar-refractivity contribution >= 4 is 0 Å². The fourth-order valence-electron chi connectivity index (χ4n) is 1.83. The molecule has 2 aromatic rings. The molecule has 3 N–H and O–H groups in total. The van der Waals surface area contributed by atoms with Gasteiger partial charge in [0.2, 0.25) is 0 Å². The van der Waals surface area contributed by atoms with Crippen molar-refractivity contribution in [3.63, 3.8) is 0 Å². The van der Waals surface area contributed by atoms with Crippen molar-refractivity contribution in [2.75, 3.05) is 0 Å². The van der Waals surface area contributed by atoms with Gasteiger partial charge in [0.05, 0.1) is 5.56 Å². The van der Waals surface area contributed by atoms with E-state index in [0.29, 0.717) is 11.1 Å². The van der Waals surface area contributed by atoms with Gasteiger partial charge in [-0.1, -0.05) is 12.1 Å². The quantitative estimate of drug-likeness (QED) is 0.705. The molecule has 0 aliphatic rings. The third-order valence-electron chi connectivity index (χ3n) is 2.93. The van der Waals surface area contributed by atoms with Crippen LogP contribution in [0.25, 0.3) is 11.1 Å². The Morgan fingerprint density at radius 1 is 0.941 bits per heavy atom. The summed E-state index contributed by atoms with van der Waals surface area (Å²) in [5, 5.41) is 29.4. The number of hydrogen-bond donors (Lipinski definition) is 3. The lowest BCUT2D eigenvalue weighted by Gasteiger charge is -2.12. The Balaban J connectivity index is 2.72. The molecular formula is C14H14O3. The van der Waals surface area contributed by atoms with Crippen molar-refractivity contribution in [2.24, 2.45) is 0 Å². The predicted molar refractivity (Wildman–Crippen MR) is 66.3 cm³/mol. The largest absolute Gasteiger partial charge is 0.508 e. The van der Waals surface area contributed by atoms with Gasteiger partial charge in [0, 0.05) is 0 Å². The van der Waals surface area contributed by atoms with Crippen LogP contribution in [0.5, 0.6) is 17.2 Å². The Morgan fingerprint density at radius 3 is 2.29 bits per heavy atom. The minimum Gasteiger partial charge on any atom is -0.508 e. The summed E-state index contributed by atoms with van der Waals surface area (Å²) in [6, 6.07) is 8.04. The van der Waals surface area contributed by atoms with Crippen LogP contribution in [0, 0.1) is 13.8 Å². The van der Waals surface area contributed by atoms with Gasteiger partial charge in [0.1, 0.15) is 17.2 Å². The van der Waals surface area contributed by atoms with E-state index in [1.165, 1.54) is 6.07 Å². The Hall–Kier alpha value is -2.16. The molecule has 0 aliphatic heterocycles. The van der Waals surface area contributed by atoms with Crippen LogP contribution in [-0.2, 0) is 0 Å². The fraction of sp³-hybridized carbons (Fsp3) is 0.143. The molecule has 0 fully saturated rings. The maximum atomic E-state index is 10.1. The first-order valence-corrected chi connectivity index (χ1v) is 5.32. The van der Waals surface area contributed by atoms with Crippen molar-refractivity contribution in [1.29, 1.82) is 0 Å². The molecular weight excluding hydrogens is 216 g/mol. The van der Waals surface area contributed by atoms with E-state index >= 15 is 0 Å². The number of phenolic OH excluding ortho intramolecular Hbond substituents is 3. The highest BCUT2D eigenvalue weighted by Crippen LogP contribution is 2.41. The minimum atomic E-state index is 0.0104. The first kappa shape index (κ1) is 11.3. The van der Waals surface area contributed by atoms with Gasteiger partial charge in [-0.3, -0.25) is 0 Å². The highest BCUT2D eigenvalue weighted by atomic mass is 16.3. The third kappa shape index (κ3) is 1.91. The lowest BCUT2D eigenvalue weighted by molar-refractivity contribution is 0.450. The second-order valence-corrected chi connectivity index (χ2v) is 4.11. The van der Waals surface area contributed by atoms with Crippen LogP contribution in [0.2, 0.25) is 0 Å². The number of rotatable bonds is 1. The summed E-state index contributed by atoms with van der Waals surface area (Å²) in [6.45, 7) is 3.61. The van der Waals surface area contributed by atoms with E-state index < -0.39 is 0 Å². The predicted octanol–water partition coefficient (Wildman–Crippen LogP) is 3.09. The van der Waals surface area contributed by atoms with Gasteiger partial charge in [0.15, 0.2) is 0 Å². The Labute approximate surface area is 99.6 Å². The summed E-state index contributed by atoms with van der Waals surface area (Å²) in [7, 11) is 0. The second-order valence-electron chi connectivity index (χ2n) is 4.11. The van der Waals surface area contributed by atoms with Crippen molar-refractivity contribution in [3.05, 3.63) is 41.5 Å². The first-order chi connectivity index (χ1) is 8.00. The molecule has 88 valence electrons. The molecule has 0 spiro atoms. The number of benzene rings is 2. The zero-order valence-electron chi connectivity index (χ0n) is 9.73. The molecule has 2 rings (SSSR count). The highest BCUT2D eigenvalue weighted by Gasteiger charge is 2.14. The smallest absolute Gasteiger partial charge is 0.130 e. The number of aryl methyl sites for hydroxylation is 1. The standard InChI is InChI=1S/C14H14O3/c1-8-6-12(16)13(14(17)9(8)2)10-4-3-5-11(15)7-10/h3-7,15-17H,1-2H3. The molecule has 0 saturated heterocycles. The van der Waals surface area contributed by atoms with E-state index in [9.17, 15) is 15.3 Å². The van der Waals surface area contributed by atoms with E-state index in [1.54, 1.807) is 31.2 Å². The average molecular weight is 230 g/mol. The van der Waals surface area contributed by atoms with Crippen molar-refractivity contribution in [1.82, 2.24) is 0 Å². The zero-order chi connectivity index (χ0) is 12.6. The molecule has 3 nitrogen and oxygen atoms in total. The molecule has 3 heteroatoms. The van der Waals surface area contributed by atoms with E-state index in [2.05, 4.69) is 0 Å². The van der Waals surface area contributed by atoms with Gasteiger partial charge in [0.25, 0.3) is 0 Å². The van der Waals surface area contributed by atoms with Crippen LogP contribution in [-0.4, -0.2) is 15.3 Å². The van der Waals surface area contributed by atoms with E-state index in [1.807, 2.05) is 6.92 Å². The first-order valence-electron chi connectivity index (χ1n) is 5.32. The summed E-state index contributed by atoms with van der Waals surface area (Å²) in [4.78, 5) is 0. The van der Waals surface area contributed by atoms with Crippen LogP contribution in [0.4, 0.5) is 0 Å². The monoisotopic (exact) mass is 230 g/mol. The van der Waals surface area contributed by atoms with E-state index in [-0.39, 0.29) is 17.2 Å². The Morgan fingerprint density at radius 2 is 1.65 bits per heavy atom. The summed E-state index contributed by atoms with van der Waals surface area (Å²) >= 11 is 0. The molecule has 0 heterocycles. The van der Waals surface area contributed by atoms with E-state index in [4.69, 9.17) is 0 Å². The normalized spacial score (nSPS) is 10.5. The van der Waals surface area contributed by atoms with Gasteiger partial charge in [-0.05, 0) is 48.7 Å². The summed E-state index contributed by atoms with van der Waals surface area (Å²) in [5.41, 5.74) is 2.48. The third-order valence-corrected chi connectivity index (χ3v) is 2.93. The van der Waals surface area contributed by atoms with Crippen LogP contribution in [0.1, 0.15) is 11.1 Å². The van der Waals surface area contributed by atoms with Gasteiger partial charge >= 0.3 is 0 Å². The average Bonchev–Trinajstić information content (AvgIpc) is 2.26. The molecule has 0 aliphatic carbocycles. The molecule has 17 heavy (non-hydrogen) atoms.